The van der Waals surface area contributed by atoms with Gasteiger partial charge in [-0.2, -0.15) is 0 Å². The van der Waals surface area contributed by atoms with Gasteiger partial charge in [-0.05, 0) is 43.2 Å². The summed E-state index contributed by atoms with van der Waals surface area (Å²) in [6, 6.07) is 10.5. The fraction of sp³-hybridized carbons (Fsp3) is 0.294. The van der Waals surface area contributed by atoms with E-state index < -0.39 is 0 Å². The van der Waals surface area contributed by atoms with Gasteiger partial charge in [-0.25, -0.2) is 9.97 Å². The second-order valence-corrected chi connectivity index (χ2v) is 6.26. The molecule has 1 aromatic carbocycles. The highest BCUT2D eigenvalue weighted by molar-refractivity contribution is 9.10. The van der Waals surface area contributed by atoms with Gasteiger partial charge in [0.15, 0.2) is 5.65 Å². The van der Waals surface area contributed by atoms with E-state index in [0.29, 0.717) is 0 Å². The molecule has 0 radical (unpaired) electrons. The van der Waals surface area contributed by atoms with Gasteiger partial charge in [0.2, 0.25) is 0 Å². The molecule has 0 saturated carbocycles. The van der Waals surface area contributed by atoms with Crippen molar-refractivity contribution in [3.05, 3.63) is 57.4 Å². The number of halogens is 1. The van der Waals surface area contributed by atoms with E-state index in [9.17, 15) is 0 Å². The van der Waals surface area contributed by atoms with Gasteiger partial charge in [0, 0.05) is 16.6 Å². The van der Waals surface area contributed by atoms with Crippen LogP contribution in [-0.4, -0.2) is 14.5 Å². The summed E-state index contributed by atoms with van der Waals surface area (Å²) < 4.78 is 3.33. The van der Waals surface area contributed by atoms with E-state index in [4.69, 9.17) is 9.97 Å². The zero-order valence-corrected chi connectivity index (χ0v) is 14.1. The minimum Gasteiger partial charge on any atom is -0.308 e. The molecule has 3 nitrogen and oxygen atoms in total. The second kappa shape index (κ2) is 5.60. The first-order valence-electron chi connectivity index (χ1n) is 7.16. The number of benzene rings is 1. The van der Waals surface area contributed by atoms with Gasteiger partial charge >= 0.3 is 0 Å². The number of fused-ring (bicyclic) bond motifs is 1. The number of pyridine rings is 1. The molecule has 0 N–H and O–H groups in total. The third-order valence-corrected chi connectivity index (χ3v) is 4.20. The molecule has 0 spiro atoms. The Labute approximate surface area is 133 Å². The molecule has 21 heavy (non-hydrogen) atoms. The van der Waals surface area contributed by atoms with Crippen LogP contribution in [0.5, 0.6) is 0 Å². The highest BCUT2D eigenvalue weighted by Gasteiger charge is 2.13. The number of nitrogens with zero attached hydrogens (tertiary/aromatic N) is 3. The number of hydrogen-bond donors (Lipinski definition) is 0. The topological polar surface area (TPSA) is 30.7 Å². The monoisotopic (exact) mass is 343 g/mol. The van der Waals surface area contributed by atoms with E-state index in [0.717, 1.165) is 40.1 Å². The third kappa shape index (κ3) is 2.72. The Morgan fingerprint density at radius 2 is 1.81 bits per heavy atom. The normalized spacial score (nSPS) is 11.2. The fourth-order valence-electron chi connectivity index (χ4n) is 2.66. The minimum atomic E-state index is 0.808. The maximum absolute atomic E-state index is 4.78. The SMILES string of the molecule is CCc1nc2c(C)cc(C)nc2n1Cc1ccc(Br)cc1. The van der Waals surface area contributed by atoms with Crippen LogP contribution in [0.25, 0.3) is 11.2 Å². The molecule has 0 bridgehead atoms. The predicted molar refractivity (Wildman–Crippen MR) is 89.6 cm³/mol. The van der Waals surface area contributed by atoms with Gasteiger partial charge in [-0.1, -0.05) is 35.0 Å². The van der Waals surface area contributed by atoms with Gasteiger partial charge in [0.1, 0.15) is 11.3 Å². The summed E-state index contributed by atoms with van der Waals surface area (Å²) in [5, 5.41) is 0. The summed E-state index contributed by atoms with van der Waals surface area (Å²) in [5.74, 6) is 1.09. The number of imidazole rings is 1. The van der Waals surface area contributed by atoms with Crippen LogP contribution in [-0.2, 0) is 13.0 Å². The first-order valence-corrected chi connectivity index (χ1v) is 7.95. The molecule has 0 aliphatic heterocycles. The van der Waals surface area contributed by atoms with Crippen molar-refractivity contribution >= 4 is 27.1 Å². The van der Waals surface area contributed by atoms with E-state index in [-0.39, 0.29) is 0 Å². The molecular formula is C17H18BrN3. The highest BCUT2D eigenvalue weighted by Crippen LogP contribution is 2.21. The minimum absolute atomic E-state index is 0.808. The molecule has 0 saturated heterocycles. The predicted octanol–water partition coefficient (Wildman–Crippen LogP) is 4.42. The largest absolute Gasteiger partial charge is 0.308 e. The number of rotatable bonds is 3. The number of hydrogen-bond acceptors (Lipinski definition) is 2. The molecule has 2 heterocycles. The lowest BCUT2D eigenvalue weighted by atomic mass is 10.2. The van der Waals surface area contributed by atoms with E-state index in [1.165, 1.54) is 11.1 Å². The van der Waals surface area contributed by atoms with E-state index in [1.807, 2.05) is 6.92 Å². The molecule has 4 heteroatoms. The Hall–Kier alpha value is -1.68. The smallest absolute Gasteiger partial charge is 0.160 e. The lowest BCUT2D eigenvalue weighted by Crippen LogP contribution is -2.05. The zero-order chi connectivity index (χ0) is 15.0. The summed E-state index contributed by atoms with van der Waals surface area (Å²) in [6.45, 7) is 7.09. The molecular weight excluding hydrogens is 326 g/mol. The standard InChI is InChI=1S/C17H18BrN3/c1-4-15-20-16-11(2)9-12(3)19-17(16)21(15)10-13-5-7-14(18)8-6-13/h5-9H,4,10H2,1-3H3. The van der Waals surface area contributed by atoms with E-state index in [1.54, 1.807) is 0 Å². The zero-order valence-electron chi connectivity index (χ0n) is 12.5. The number of aromatic nitrogens is 3. The molecule has 108 valence electrons. The highest BCUT2D eigenvalue weighted by atomic mass is 79.9. The Bertz CT molecular complexity index is 788. The molecule has 2 aromatic heterocycles. The summed E-state index contributed by atoms with van der Waals surface area (Å²) in [6.07, 6.45) is 0.908. The van der Waals surface area contributed by atoms with E-state index in [2.05, 4.69) is 64.7 Å². The van der Waals surface area contributed by atoms with Crippen LogP contribution in [0.15, 0.2) is 34.8 Å². The van der Waals surface area contributed by atoms with Crippen molar-refractivity contribution in [3.63, 3.8) is 0 Å². The van der Waals surface area contributed by atoms with Gasteiger partial charge in [0.05, 0.1) is 6.54 Å². The summed E-state index contributed by atoms with van der Waals surface area (Å²) in [5.41, 5.74) is 5.51. The quantitative estimate of drug-likeness (QED) is 0.704. The average molecular weight is 344 g/mol. The Morgan fingerprint density at radius 3 is 2.48 bits per heavy atom. The number of aryl methyl sites for hydroxylation is 3. The first-order chi connectivity index (χ1) is 10.1. The molecule has 3 aromatic rings. The summed E-state index contributed by atoms with van der Waals surface area (Å²) in [4.78, 5) is 9.49. The van der Waals surface area contributed by atoms with Crippen molar-refractivity contribution in [3.8, 4) is 0 Å². The molecule has 0 fully saturated rings. The Morgan fingerprint density at radius 1 is 1.10 bits per heavy atom. The average Bonchev–Trinajstić information content (AvgIpc) is 2.80. The second-order valence-electron chi connectivity index (χ2n) is 5.35. The van der Waals surface area contributed by atoms with Crippen LogP contribution in [0.2, 0.25) is 0 Å². The Kier molecular flexibility index (Phi) is 3.81. The fourth-order valence-corrected chi connectivity index (χ4v) is 2.92. The van der Waals surface area contributed by atoms with Gasteiger partial charge in [0.25, 0.3) is 0 Å². The van der Waals surface area contributed by atoms with Crippen molar-refractivity contribution in [1.82, 2.24) is 14.5 Å². The lowest BCUT2D eigenvalue weighted by Gasteiger charge is -2.08. The van der Waals surface area contributed by atoms with Crippen molar-refractivity contribution in [2.24, 2.45) is 0 Å². The first kappa shape index (κ1) is 14.3. The van der Waals surface area contributed by atoms with Crippen molar-refractivity contribution in [1.29, 1.82) is 0 Å². The van der Waals surface area contributed by atoms with Crippen LogP contribution in [0.1, 0.15) is 29.6 Å². The molecule has 0 unspecified atom stereocenters. The van der Waals surface area contributed by atoms with Crippen LogP contribution < -0.4 is 0 Å². The summed E-state index contributed by atoms with van der Waals surface area (Å²) >= 11 is 3.48. The van der Waals surface area contributed by atoms with Crippen molar-refractivity contribution in [2.75, 3.05) is 0 Å². The molecule has 0 aliphatic rings. The maximum Gasteiger partial charge on any atom is 0.160 e. The molecule has 0 atom stereocenters. The van der Waals surface area contributed by atoms with Crippen molar-refractivity contribution < 1.29 is 0 Å². The van der Waals surface area contributed by atoms with Crippen molar-refractivity contribution in [2.45, 2.75) is 33.7 Å². The van der Waals surface area contributed by atoms with Gasteiger partial charge in [-0.3, -0.25) is 0 Å². The van der Waals surface area contributed by atoms with Crippen LogP contribution >= 0.6 is 15.9 Å². The Balaban J connectivity index is 2.13. The maximum atomic E-state index is 4.78. The van der Waals surface area contributed by atoms with Gasteiger partial charge in [-0.15, -0.1) is 0 Å². The van der Waals surface area contributed by atoms with E-state index >= 15 is 0 Å². The molecule has 3 rings (SSSR count). The summed E-state index contributed by atoms with van der Waals surface area (Å²) in [7, 11) is 0. The van der Waals surface area contributed by atoms with Crippen LogP contribution in [0.4, 0.5) is 0 Å². The third-order valence-electron chi connectivity index (χ3n) is 3.67. The van der Waals surface area contributed by atoms with Crippen LogP contribution in [0, 0.1) is 13.8 Å². The lowest BCUT2D eigenvalue weighted by molar-refractivity contribution is 0.745. The molecule has 0 amide bonds. The molecule has 0 aliphatic carbocycles. The van der Waals surface area contributed by atoms with Gasteiger partial charge < -0.3 is 4.57 Å². The van der Waals surface area contributed by atoms with Crippen LogP contribution in [0.3, 0.4) is 0 Å².